The van der Waals surface area contributed by atoms with Crippen LogP contribution in [0.4, 0.5) is 10.1 Å². The number of rotatable bonds is 3. The lowest BCUT2D eigenvalue weighted by Crippen LogP contribution is -2.37. The number of aryl methyl sites for hydroxylation is 1. The molecule has 1 aromatic carbocycles. The highest BCUT2D eigenvalue weighted by Gasteiger charge is 2.23. The molecule has 19 heavy (non-hydrogen) atoms. The molecular formula is C15H23FN2O. The van der Waals surface area contributed by atoms with E-state index in [4.69, 9.17) is 5.73 Å². The first kappa shape index (κ1) is 14.3. The fraction of sp³-hybridized carbons (Fsp3) is 0.600. The van der Waals surface area contributed by atoms with Crippen LogP contribution in [0.5, 0.6) is 0 Å². The Hall–Kier alpha value is -1.13. The minimum Gasteiger partial charge on any atom is -0.396 e. The third kappa shape index (κ3) is 3.07. The summed E-state index contributed by atoms with van der Waals surface area (Å²) in [7, 11) is 0. The number of benzene rings is 1. The van der Waals surface area contributed by atoms with Gasteiger partial charge in [0, 0.05) is 31.4 Å². The molecule has 106 valence electrons. The van der Waals surface area contributed by atoms with Crippen LogP contribution in [0.1, 0.15) is 36.9 Å². The van der Waals surface area contributed by atoms with Crippen molar-refractivity contribution in [2.24, 2.45) is 11.7 Å². The summed E-state index contributed by atoms with van der Waals surface area (Å²) >= 11 is 0. The fourth-order valence-corrected chi connectivity index (χ4v) is 2.75. The summed E-state index contributed by atoms with van der Waals surface area (Å²) in [6, 6.07) is 3.24. The second-order valence-corrected chi connectivity index (χ2v) is 5.59. The summed E-state index contributed by atoms with van der Waals surface area (Å²) in [5, 5.41) is 9.32. The maximum Gasteiger partial charge on any atom is 0.126 e. The van der Waals surface area contributed by atoms with Gasteiger partial charge < -0.3 is 15.7 Å². The predicted molar refractivity (Wildman–Crippen MR) is 75.8 cm³/mol. The maximum atomic E-state index is 13.7. The highest BCUT2D eigenvalue weighted by atomic mass is 19.1. The summed E-state index contributed by atoms with van der Waals surface area (Å²) in [6.45, 7) is 5.63. The van der Waals surface area contributed by atoms with Crippen molar-refractivity contribution in [3.63, 3.8) is 0 Å². The number of anilines is 1. The van der Waals surface area contributed by atoms with Crippen molar-refractivity contribution in [3.8, 4) is 0 Å². The zero-order chi connectivity index (χ0) is 14.0. The topological polar surface area (TPSA) is 49.5 Å². The maximum absolute atomic E-state index is 13.7. The molecule has 1 saturated heterocycles. The van der Waals surface area contributed by atoms with E-state index in [1.807, 2.05) is 13.0 Å². The molecule has 0 saturated carbocycles. The molecule has 1 fully saturated rings. The minimum absolute atomic E-state index is 0.195. The van der Waals surface area contributed by atoms with Gasteiger partial charge in [0.1, 0.15) is 5.82 Å². The molecule has 0 spiro atoms. The number of halogens is 1. The molecule has 0 radical (unpaired) electrons. The summed E-state index contributed by atoms with van der Waals surface area (Å²) in [4.78, 5) is 2.23. The molecule has 2 atom stereocenters. The number of aliphatic hydroxyl groups excluding tert-OH is 1. The van der Waals surface area contributed by atoms with Gasteiger partial charge in [-0.2, -0.15) is 0 Å². The monoisotopic (exact) mass is 266 g/mol. The van der Waals surface area contributed by atoms with Gasteiger partial charge in [0.15, 0.2) is 0 Å². The Balaban J connectivity index is 2.34. The minimum atomic E-state index is -0.202. The largest absolute Gasteiger partial charge is 0.396 e. The van der Waals surface area contributed by atoms with Crippen LogP contribution in [0.2, 0.25) is 0 Å². The van der Waals surface area contributed by atoms with Crippen molar-refractivity contribution in [2.45, 2.75) is 32.7 Å². The van der Waals surface area contributed by atoms with Crippen LogP contribution < -0.4 is 10.6 Å². The third-order valence-corrected chi connectivity index (χ3v) is 3.92. The number of aliphatic hydroxyl groups is 1. The summed E-state index contributed by atoms with van der Waals surface area (Å²) in [5.41, 5.74) is 8.48. The molecular weight excluding hydrogens is 243 g/mol. The second kappa shape index (κ2) is 5.88. The van der Waals surface area contributed by atoms with Crippen molar-refractivity contribution in [3.05, 3.63) is 29.1 Å². The van der Waals surface area contributed by atoms with E-state index >= 15 is 0 Å². The standard InChI is InChI=1S/C15H23FN2O/c1-10-6-15(13(11(2)17)7-14(10)16)18-5-3-4-12(8-18)9-19/h6-7,11-12,19H,3-5,8-9,17H2,1-2H3/t11-,12?/m0/s1. The Morgan fingerprint density at radius 1 is 1.53 bits per heavy atom. The highest BCUT2D eigenvalue weighted by molar-refractivity contribution is 5.57. The Bertz CT molecular complexity index is 448. The molecule has 0 aromatic heterocycles. The molecule has 4 heteroatoms. The molecule has 0 amide bonds. The van der Waals surface area contributed by atoms with E-state index in [2.05, 4.69) is 4.90 Å². The lowest BCUT2D eigenvalue weighted by Gasteiger charge is -2.35. The molecule has 0 aliphatic carbocycles. The highest BCUT2D eigenvalue weighted by Crippen LogP contribution is 2.31. The normalized spacial score (nSPS) is 21.5. The molecule has 1 aliphatic rings. The smallest absolute Gasteiger partial charge is 0.126 e. The molecule has 3 nitrogen and oxygen atoms in total. The van der Waals surface area contributed by atoms with Crippen LogP contribution in [-0.2, 0) is 0 Å². The molecule has 1 aliphatic heterocycles. The first-order valence-electron chi connectivity index (χ1n) is 6.94. The van der Waals surface area contributed by atoms with Gasteiger partial charge >= 0.3 is 0 Å². The number of nitrogens with two attached hydrogens (primary N) is 1. The summed E-state index contributed by atoms with van der Waals surface area (Å²) in [6.07, 6.45) is 2.11. The number of hydrogen-bond donors (Lipinski definition) is 2. The molecule has 1 unspecified atom stereocenters. The van der Waals surface area contributed by atoms with Crippen molar-refractivity contribution in [2.75, 3.05) is 24.6 Å². The van der Waals surface area contributed by atoms with Gasteiger partial charge in [-0.1, -0.05) is 0 Å². The Labute approximate surface area is 114 Å². The SMILES string of the molecule is Cc1cc(N2CCCC(CO)C2)c([C@H](C)N)cc1F. The van der Waals surface area contributed by atoms with E-state index in [9.17, 15) is 9.50 Å². The fourth-order valence-electron chi connectivity index (χ4n) is 2.75. The zero-order valence-corrected chi connectivity index (χ0v) is 11.7. The van der Waals surface area contributed by atoms with Gasteiger partial charge in [-0.05, 0) is 55.9 Å². The van der Waals surface area contributed by atoms with Crippen molar-refractivity contribution in [1.82, 2.24) is 0 Å². The van der Waals surface area contributed by atoms with Gasteiger partial charge in [-0.15, -0.1) is 0 Å². The first-order chi connectivity index (χ1) is 9.02. The van der Waals surface area contributed by atoms with Crippen LogP contribution in [0.15, 0.2) is 12.1 Å². The Morgan fingerprint density at radius 3 is 2.89 bits per heavy atom. The summed E-state index contributed by atoms with van der Waals surface area (Å²) in [5.74, 6) is 0.104. The van der Waals surface area contributed by atoms with Crippen LogP contribution in [0, 0.1) is 18.7 Å². The van der Waals surface area contributed by atoms with Crippen LogP contribution in [0.3, 0.4) is 0 Å². The molecule has 1 aromatic rings. The third-order valence-electron chi connectivity index (χ3n) is 3.92. The van der Waals surface area contributed by atoms with Crippen LogP contribution in [0.25, 0.3) is 0 Å². The van der Waals surface area contributed by atoms with Crippen molar-refractivity contribution < 1.29 is 9.50 Å². The predicted octanol–water partition coefficient (Wildman–Crippen LogP) is 2.36. The zero-order valence-electron chi connectivity index (χ0n) is 11.7. The van der Waals surface area contributed by atoms with E-state index in [0.29, 0.717) is 11.5 Å². The number of piperidine rings is 1. The van der Waals surface area contributed by atoms with Gasteiger partial charge in [0.05, 0.1) is 0 Å². The van der Waals surface area contributed by atoms with Gasteiger partial charge in [0.2, 0.25) is 0 Å². The van der Waals surface area contributed by atoms with E-state index in [1.54, 1.807) is 13.0 Å². The van der Waals surface area contributed by atoms with Gasteiger partial charge in [-0.25, -0.2) is 4.39 Å². The number of hydrogen-bond acceptors (Lipinski definition) is 3. The van der Waals surface area contributed by atoms with E-state index in [-0.39, 0.29) is 18.5 Å². The van der Waals surface area contributed by atoms with Crippen molar-refractivity contribution >= 4 is 5.69 Å². The molecule has 3 N–H and O–H groups in total. The second-order valence-electron chi connectivity index (χ2n) is 5.59. The molecule has 1 heterocycles. The average Bonchev–Trinajstić information content (AvgIpc) is 2.41. The quantitative estimate of drug-likeness (QED) is 0.883. The van der Waals surface area contributed by atoms with E-state index in [0.717, 1.165) is 37.2 Å². The summed E-state index contributed by atoms with van der Waals surface area (Å²) < 4.78 is 13.7. The first-order valence-corrected chi connectivity index (χ1v) is 6.94. The average molecular weight is 266 g/mol. The van der Waals surface area contributed by atoms with Crippen molar-refractivity contribution in [1.29, 1.82) is 0 Å². The molecule has 0 bridgehead atoms. The Morgan fingerprint density at radius 2 is 2.26 bits per heavy atom. The van der Waals surface area contributed by atoms with Crippen LogP contribution in [-0.4, -0.2) is 24.8 Å². The Kier molecular flexibility index (Phi) is 4.42. The van der Waals surface area contributed by atoms with Gasteiger partial charge in [0.25, 0.3) is 0 Å². The lowest BCUT2D eigenvalue weighted by atomic mass is 9.96. The van der Waals surface area contributed by atoms with E-state index < -0.39 is 0 Å². The van der Waals surface area contributed by atoms with E-state index in [1.165, 1.54) is 0 Å². The van der Waals surface area contributed by atoms with Gasteiger partial charge in [-0.3, -0.25) is 0 Å². The number of nitrogens with zero attached hydrogens (tertiary/aromatic N) is 1. The molecule has 2 rings (SSSR count). The lowest BCUT2D eigenvalue weighted by molar-refractivity contribution is 0.208. The van der Waals surface area contributed by atoms with Crippen LogP contribution >= 0.6 is 0 Å².